The van der Waals surface area contributed by atoms with Crippen molar-refractivity contribution in [3.63, 3.8) is 0 Å². The number of hydrogen-bond acceptors (Lipinski definition) is 3. The lowest BCUT2D eigenvalue weighted by molar-refractivity contribution is -0.131. The van der Waals surface area contributed by atoms with E-state index in [0.29, 0.717) is 17.2 Å². The van der Waals surface area contributed by atoms with Crippen LogP contribution < -0.4 is 10.1 Å². The van der Waals surface area contributed by atoms with Crippen molar-refractivity contribution in [2.24, 2.45) is 5.92 Å². The van der Waals surface area contributed by atoms with Gasteiger partial charge in [-0.15, -0.1) is 0 Å². The average Bonchev–Trinajstić information content (AvgIpc) is 2.73. The van der Waals surface area contributed by atoms with E-state index in [0.717, 1.165) is 32.4 Å². The molecule has 1 saturated heterocycles. The van der Waals surface area contributed by atoms with Gasteiger partial charge < -0.3 is 15.0 Å². The number of methoxy groups -OCH3 is 1. The predicted molar refractivity (Wildman–Crippen MR) is 105 cm³/mol. The number of carbonyl (C=O) groups excluding carboxylic acids is 2. The monoisotopic (exact) mass is 366 g/mol. The first-order chi connectivity index (χ1) is 13.2. The third kappa shape index (κ3) is 5.33. The Kier molecular flexibility index (Phi) is 6.47. The molecule has 0 aromatic heterocycles. The Morgan fingerprint density at radius 3 is 2.52 bits per heavy atom. The summed E-state index contributed by atoms with van der Waals surface area (Å²) < 4.78 is 5.12. The van der Waals surface area contributed by atoms with Crippen LogP contribution in [0.4, 0.5) is 0 Å². The number of likely N-dealkylation sites (tertiary alicyclic amines) is 1. The van der Waals surface area contributed by atoms with Crippen molar-refractivity contribution in [2.75, 3.05) is 26.7 Å². The molecule has 1 N–H and O–H groups in total. The summed E-state index contributed by atoms with van der Waals surface area (Å²) in [4.78, 5) is 26.5. The van der Waals surface area contributed by atoms with Gasteiger partial charge in [0.15, 0.2) is 0 Å². The molecular formula is C22H26N2O3. The minimum absolute atomic E-state index is 0.0237. The largest absolute Gasteiger partial charge is 0.497 e. The number of amides is 2. The molecule has 3 rings (SSSR count). The van der Waals surface area contributed by atoms with Crippen LogP contribution in [0.1, 0.15) is 28.8 Å². The maximum atomic E-state index is 12.4. The van der Waals surface area contributed by atoms with Crippen LogP contribution in [0, 0.1) is 5.92 Å². The van der Waals surface area contributed by atoms with E-state index >= 15 is 0 Å². The zero-order chi connectivity index (χ0) is 19.1. The van der Waals surface area contributed by atoms with E-state index in [1.54, 1.807) is 31.4 Å². The topological polar surface area (TPSA) is 58.6 Å². The lowest BCUT2D eigenvalue weighted by Gasteiger charge is -2.32. The molecule has 142 valence electrons. The van der Waals surface area contributed by atoms with Crippen LogP contribution in [0.2, 0.25) is 0 Å². The summed E-state index contributed by atoms with van der Waals surface area (Å²) in [5, 5.41) is 2.71. The molecule has 27 heavy (non-hydrogen) atoms. The summed E-state index contributed by atoms with van der Waals surface area (Å²) >= 11 is 0. The van der Waals surface area contributed by atoms with E-state index in [2.05, 4.69) is 29.6 Å². The number of nitrogens with one attached hydrogen (secondary N) is 1. The predicted octanol–water partition coefficient (Wildman–Crippen LogP) is 2.91. The molecule has 1 heterocycles. The number of ether oxygens (including phenoxy) is 1. The number of carbonyl (C=O) groups is 2. The Morgan fingerprint density at radius 1 is 1.07 bits per heavy atom. The molecule has 5 heteroatoms. The first kappa shape index (κ1) is 19.0. The Morgan fingerprint density at radius 2 is 1.81 bits per heavy atom. The maximum Gasteiger partial charge on any atom is 0.251 e. The molecule has 1 fully saturated rings. The first-order valence-electron chi connectivity index (χ1n) is 9.39. The molecule has 1 aliphatic rings. The Bertz CT molecular complexity index is 768. The average molecular weight is 366 g/mol. The second kappa shape index (κ2) is 9.21. The van der Waals surface area contributed by atoms with Gasteiger partial charge in [-0.3, -0.25) is 9.59 Å². The van der Waals surface area contributed by atoms with Crippen molar-refractivity contribution >= 4 is 11.8 Å². The molecule has 0 unspecified atom stereocenters. The molecule has 0 saturated carbocycles. The van der Waals surface area contributed by atoms with E-state index in [9.17, 15) is 9.59 Å². The van der Waals surface area contributed by atoms with Gasteiger partial charge in [-0.25, -0.2) is 0 Å². The van der Waals surface area contributed by atoms with Crippen molar-refractivity contribution in [3.05, 3.63) is 65.7 Å². The molecule has 0 bridgehead atoms. The van der Waals surface area contributed by atoms with Crippen LogP contribution in [-0.4, -0.2) is 43.5 Å². The molecule has 0 radical (unpaired) electrons. The minimum atomic E-state index is -0.263. The van der Waals surface area contributed by atoms with Crippen molar-refractivity contribution in [2.45, 2.75) is 19.3 Å². The van der Waals surface area contributed by atoms with E-state index in [1.165, 1.54) is 5.56 Å². The summed E-state index contributed by atoms with van der Waals surface area (Å²) in [5.41, 5.74) is 1.84. The fraction of sp³-hybridized carbons (Fsp3) is 0.364. The molecule has 1 aliphatic heterocycles. The standard InChI is InChI=1S/C22H26N2O3/c1-27-20-9-5-8-19(15-20)22(26)23-16-21(25)24-12-10-18(11-13-24)14-17-6-3-2-4-7-17/h2-9,15,18H,10-14,16H2,1H3,(H,23,26). The normalized spacial score (nSPS) is 14.6. The van der Waals surface area contributed by atoms with Gasteiger partial charge >= 0.3 is 0 Å². The smallest absolute Gasteiger partial charge is 0.251 e. The Balaban J connectivity index is 1.43. The van der Waals surface area contributed by atoms with Gasteiger partial charge in [0, 0.05) is 18.7 Å². The highest BCUT2D eigenvalue weighted by molar-refractivity contribution is 5.96. The van der Waals surface area contributed by atoms with Crippen molar-refractivity contribution < 1.29 is 14.3 Å². The van der Waals surface area contributed by atoms with Crippen LogP contribution in [-0.2, 0) is 11.2 Å². The zero-order valence-corrected chi connectivity index (χ0v) is 15.7. The van der Waals surface area contributed by atoms with E-state index in [1.807, 2.05) is 11.0 Å². The lowest BCUT2D eigenvalue weighted by atomic mass is 9.90. The molecule has 0 aliphatic carbocycles. The quantitative estimate of drug-likeness (QED) is 0.855. The third-order valence-electron chi connectivity index (χ3n) is 5.07. The summed E-state index contributed by atoms with van der Waals surface area (Å²) in [6.45, 7) is 1.54. The van der Waals surface area contributed by atoms with Gasteiger partial charge in [-0.1, -0.05) is 36.4 Å². The van der Waals surface area contributed by atoms with E-state index in [4.69, 9.17) is 4.74 Å². The van der Waals surface area contributed by atoms with Crippen LogP contribution in [0.5, 0.6) is 5.75 Å². The van der Waals surface area contributed by atoms with E-state index < -0.39 is 0 Å². The van der Waals surface area contributed by atoms with E-state index in [-0.39, 0.29) is 18.4 Å². The maximum absolute atomic E-state index is 12.4. The Labute approximate surface area is 160 Å². The molecule has 2 aromatic rings. The number of rotatable bonds is 6. The van der Waals surface area contributed by atoms with Gasteiger partial charge in [-0.05, 0) is 48.9 Å². The number of benzene rings is 2. The van der Waals surface area contributed by atoms with Crippen molar-refractivity contribution in [1.29, 1.82) is 0 Å². The second-order valence-corrected chi connectivity index (χ2v) is 6.93. The van der Waals surface area contributed by atoms with Crippen LogP contribution >= 0.6 is 0 Å². The zero-order valence-electron chi connectivity index (χ0n) is 15.7. The van der Waals surface area contributed by atoms with Crippen molar-refractivity contribution in [3.8, 4) is 5.75 Å². The molecule has 2 aromatic carbocycles. The lowest BCUT2D eigenvalue weighted by Crippen LogP contribution is -2.44. The number of piperidine rings is 1. The summed E-state index contributed by atoms with van der Waals surface area (Å²) in [6, 6.07) is 17.4. The van der Waals surface area contributed by atoms with Crippen LogP contribution in [0.15, 0.2) is 54.6 Å². The summed E-state index contributed by atoms with van der Waals surface area (Å²) in [6.07, 6.45) is 3.07. The number of hydrogen-bond donors (Lipinski definition) is 1. The van der Waals surface area contributed by atoms with Crippen molar-refractivity contribution in [1.82, 2.24) is 10.2 Å². The fourth-order valence-corrected chi connectivity index (χ4v) is 3.47. The highest BCUT2D eigenvalue weighted by Gasteiger charge is 2.23. The second-order valence-electron chi connectivity index (χ2n) is 6.93. The van der Waals surface area contributed by atoms with Gasteiger partial charge in [0.1, 0.15) is 5.75 Å². The molecule has 2 amide bonds. The van der Waals surface area contributed by atoms with Gasteiger partial charge in [0.05, 0.1) is 13.7 Å². The van der Waals surface area contributed by atoms with Gasteiger partial charge in [-0.2, -0.15) is 0 Å². The Hall–Kier alpha value is -2.82. The van der Waals surface area contributed by atoms with Crippen LogP contribution in [0.3, 0.4) is 0 Å². The van der Waals surface area contributed by atoms with Gasteiger partial charge in [0.25, 0.3) is 5.91 Å². The number of nitrogens with zero attached hydrogens (tertiary/aromatic N) is 1. The minimum Gasteiger partial charge on any atom is -0.497 e. The SMILES string of the molecule is COc1cccc(C(=O)NCC(=O)N2CCC(Cc3ccccc3)CC2)c1. The highest BCUT2D eigenvalue weighted by Crippen LogP contribution is 2.21. The summed E-state index contributed by atoms with van der Waals surface area (Å²) in [7, 11) is 1.56. The molecular weight excluding hydrogens is 340 g/mol. The fourth-order valence-electron chi connectivity index (χ4n) is 3.47. The summed E-state index contributed by atoms with van der Waals surface area (Å²) in [5.74, 6) is 0.947. The molecule has 0 spiro atoms. The van der Waals surface area contributed by atoms with Gasteiger partial charge in [0.2, 0.25) is 5.91 Å². The first-order valence-corrected chi connectivity index (χ1v) is 9.39. The third-order valence-corrected chi connectivity index (χ3v) is 5.07. The highest BCUT2D eigenvalue weighted by atomic mass is 16.5. The molecule has 0 atom stereocenters. The molecule has 5 nitrogen and oxygen atoms in total. The van der Waals surface area contributed by atoms with Crippen LogP contribution in [0.25, 0.3) is 0 Å².